The Hall–Kier alpha value is -2.95. The van der Waals surface area contributed by atoms with Crippen molar-refractivity contribution in [3.8, 4) is 11.5 Å². The van der Waals surface area contributed by atoms with Gasteiger partial charge in [0.05, 0.1) is 20.8 Å². The first kappa shape index (κ1) is 17.9. The van der Waals surface area contributed by atoms with Crippen molar-refractivity contribution in [2.75, 3.05) is 27.4 Å². The van der Waals surface area contributed by atoms with Crippen molar-refractivity contribution in [2.24, 2.45) is 0 Å². The average molecular weight is 353 g/mol. The maximum absolute atomic E-state index is 11.5. The molecule has 3 rings (SSSR count). The highest BCUT2D eigenvalue weighted by atomic mass is 16.5. The maximum Gasteiger partial charge on any atom is 0.407 e. The summed E-state index contributed by atoms with van der Waals surface area (Å²) in [5, 5.41) is 7.13. The van der Waals surface area contributed by atoms with Crippen LogP contribution in [0.2, 0.25) is 0 Å². The van der Waals surface area contributed by atoms with Crippen molar-refractivity contribution in [2.45, 2.75) is 13.3 Å². The summed E-state index contributed by atoms with van der Waals surface area (Å²) in [5.41, 5.74) is 1.08. The number of methoxy groups -OCH3 is 2. The summed E-state index contributed by atoms with van der Waals surface area (Å²) in [4.78, 5) is 11.5. The van der Waals surface area contributed by atoms with E-state index in [9.17, 15) is 4.79 Å². The smallest absolute Gasteiger partial charge is 0.407 e. The number of benzene rings is 3. The first-order valence-corrected chi connectivity index (χ1v) is 8.65. The van der Waals surface area contributed by atoms with Gasteiger partial charge >= 0.3 is 6.09 Å². The number of ether oxygens (including phenoxy) is 3. The highest BCUT2D eigenvalue weighted by molar-refractivity contribution is 6.12. The zero-order valence-electron chi connectivity index (χ0n) is 15.3. The summed E-state index contributed by atoms with van der Waals surface area (Å²) in [6.45, 7) is 2.62. The number of hydrogen-bond donors (Lipinski definition) is 1. The lowest BCUT2D eigenvalue weighted by molar-refractivity contribution is 0.152. The van der Waals surface area contributed by atoms with Crippen LogP contribution in [-0.4, -0.2) is 33.5 Å². The van der Waals surface area contributed by atoms with Crippen LogP contribution in [0.25, 0.3) is 21.5 Å². The van der Waals surface area contributed by atoms with E-state index in [1.807, 2.05) is 18.2 Å². The molecule has 0 heterocycles. The second kappa shape index (κ2) is 7.95. The molecule has 26 heavy (non-hydrogen) atoms. The number of nitrogens with one attached hydrogen (secondary N) is 1. The van der Waals surface area contributed by atoms with Gasteiger partial charge in [0.25, 0.3) is 0 Å². The first-order chi connectivity index (χ1) is 12.7. The van der Waals surface area contributed by atoms with Gasteiger partial charge in [0.15, 0.2) is 11.5 Å². The molecule has 0 unspecified atom stereocenters. The molecule has 5 nitrogen and oxygen atoms in total. The van der Waals surface area contributed by atoms with Crippen LogP contribution in [0.3, 0.4) is 0 Å². The summed E-state index contributed by atoms with van der Waals surface area (Å²) in [6, 6.07) is 14.4. The van der Waals surface area contributed by atoms with Crippen LogP contribution < -0.4 is 14.8 Å². The van der Waals surface area contributed by atoms with Crippen molar-refractivity contribution in [3.05, 3.63) is 48.0 Å². The summed E-state index contributed by atoms with van der Waals surface area (Å²) < 4.78 is 16.1. The van der Waals surface area contributed by atoms with Crippen molar-refractivity contribution in [1.29, 1.82) is 0 Å². The third-order valence-electron chi connectivity index (χ3n) is 4.39. The highest BCUT2D eigenvalue weighted by Gasteiger charge is 2.16. The minimum absolute atomic E-state index is 0.358. The van der Waals surface area contributed by atoms with E-state index in [0.717, 1.165) is 32.9 Å². The quantitative estimate of drug-likeness (QED) is 0.671. The molecule has 0 radical (unpaired) electrons. The molecule has 0 spiro atoms. The lowest BCUT2D eigenvalue weighted by Gasteiger charge is -2.17. The van der Waals surface area contributed by atoms with Gasteiger partial charge in [-0.3, -0.25) is 0 Å². The zero-order valence-corrected chi connectivity index (χ0v) is 15.3. The van der Waals surface area contributed by atoms with E-state index < -0.39 is 6.09 Å². The van der Waals surface area contributed by atoms with Gasteiger partial charge in [0.1, 0.15) is 0 Å². The van der Waals surface area contributed by atoms with E-state index in [4.69, 9.17) is 14.2 Å². The van der Waals surface area contributed by atoms with Gasteiger partial charge in [-0.2, -0.15) is 0 Å². The molecule has 0 atom stereocenters. The normalized spacial score (nSPS) is 10.7. The molecular formula is C21H23NO4. The highest BCUT2D eigenvalue weighted by Crippen LogP contribution is 2.41. The molecule has 1 amide bonds. The van der Waals surface area contributed by atoms with Crippen molar-refractivity contribution < 1.29 is 19.0 Å². The minimum Gasteiger partial charge on any atom is -0.493 e. The molecule has 0 aromatic heterocycles. The Morgan fingerprint density at radius 1 is 1.04 bits per heavy atom. The monoisotopic (exact) mass is 353 g/mol. The molecular weight excluding hydrogens is 330 g/mol. The molecule has 0 aliphatic rings. The third kappa shape index (κ3) is 3.38. The second-order valence-electron chi connectivity index (χ2n) is 5.88. The van der Waals surface area contributed by atoms with Gasteiger partial charge in [-0.1, -0.05) is 36.4 Å². The van der Waals surface area contributed by atoms with Gasteiger partial charge in [-0.15, -0.1) is 0 Å². The average Bonchev–Trinajstić information content (AvgIpc) is 2.67. The Labute approximate surface area is 152 Å². The molecule has 0 aliphatic heterocycles. The van der Waals surface area contributed by atoms with E-state index in [-0.39, 0.29) is 0 Å². The maximum atomic E-state index is 11.5. The van der Waals surface area contributed by atoms with Crippen LogP contribution in [0.15, 0.2) is 42.5 Å². The van der Waals surface area contributed by atoms with Gasteiger partial charge in [0.2, 0.25) is 0 Å². The zero-order chi connectivity index (χ0) is 18.5. The second-order valence-corrected chi connectivity index (χ2v) is 5.88. The summed E-state index contributed by atoms with van der Waals surface area (Å²) in [5.74, 6) is 1.41. The topological polar surface area (TPSA) is 56.8 Å². The molecule has 1 N–H and O–H groups in total. The molecule has 0 bridgehead atoms. The van der Waals surface area contributed by atoms with E-state index >= 15 is 0 Å². The fourth-order valence-corrected chi connectivity index (χ4v) is 3.25. The SMILES string of the molecule is CCOC(=O)NCCc1cc(OC)c(OC)c2c1ccc1ccccc12. The van der Waals surface area contributed by atoms with Crippen molar-refractivity contribution >= 4 is 27.6 Å². The first-order valence-electron chi connectivity index (χ1n) is 8.65. The lowest BCUT2D eigenvalue weighted by atomic mass is 9.95. The van der Waals surface area contributed by atoms with E-state index in [1.54, 1.807) is 21.1 Å². The number of carbonyl (C=O) groups is 1. The largest absolute Gasteiger partial charge is 0.493 e. The molecule has 0 fully saturated rings. The third-order valence-corrected chi connectivity index (χ3v) is 4.39. The Bertz CT molecular complexity index is 936. The van der Waals surface area contributed by atoms with Crippen LogP contribution in [0, 0.1) is 0 Å². The Kier molecular flexibility index (Phi) is 5.46. The molecule has 0 saturated heterocycles. The number of fused-ring (bicyclic) bond motifs is 3. The number of carbonyl (C=O) groups excluding carboxylic acids is 1. The molecule has 3 aromatic rings. The molecule has 5 heteroatoms. The van der Waals surface area contributed by atoms with Crippen molar-refractivity contribution in [1.82, 2.24) is 5.32 Å². The van der Waals surface area contributed by atoms with Crippen molar-refractivity contribution in [3.63, 3.8) is 0 Å². The van der Waals surface area contributed by atoms with Gasteiger partial charge < -0.3 is 19.5 Å². The molecule has 0 aliphatic carbocycles. The Balaban J connectivity index is 2.08. The van der Waals surface area contributed by atoms with Gasteiger partial charge in [-0.25, -0.2) is 4.79 Å². The van der Waals surface area contributed by atoms with Crippen LogP contribution in [0.5, 0.6) is 11.5 Å². The number of alkyl carbamates (subject to hydrolysis) is 1. The standard InChI is InChI=1S/C21H23NO4/c1-4-26-21(23)22-12-11-15-13-18(24-2)20(25-3)19-16-8-6-5-7-14(16)9-10-17(15)19/h5-10,13H,4,11-12H2,1-3H3,(H,22,23). The van der Waals surface area contributed by atoms with E-state index in [0.29, 0.717) is 25.3 Å². The van der Waals surface area contributed by atoms with Gasteiger partial charge in [0, 0.05) is 11.9 Å². The molecule has 136 valence electrons. The lowest BCUT2D eigenvalue weighted by Crippen LogP contribution is -2.26. The number of hydrogen-bond acceptors (Lipinski definition) is 4. The summed E-state index contributed by atoms with van der Waals surface area (Å²) in [6.07, 6.45) is 0.260. The number of amides is 1. The predicted octanol–water partition coefficient (Wildman–Crippen LogP) is 4.30. The number of rotatable bonds is 6. The predicted molar refractivity (Wildman–Crippen MR) is 103 cm³/mol. The van der Waals surface area contributed by atoms with Crippen LogP contribution >= 0.6 is 0 Å². The van der Waals surface area contributed by atoms with E-state index in [2.05, 4.69) is 29.6 Å². The van der Waals surface area contributed by atoms with Crippen LogP contribution in [0.1, 0.15) is 12.5 Å². The minimum atomic E-state index is -0.400. The summed E-state index contributed by atoms with van der Waals surface area (Å²) in [7, 11) is 3.29. The molecule has 0 saturated carbocycles. The fourth-order valence-electron chi connectivity index (χ4n) is 3.25. The van der Waals surface area contributed by atoms with Crippen LogP contribution in [0.4, 0.5) is 4.79 Å². The Morgan fingerprint density at radius 3 is 2.58 bits per heavy atom. The van der Waals surface area contributed by atoms with Gasteiger partial charge in [-0.05, 0) is 41.1 Å². The fraction of sp³-hybridized carbons (Fsp3) is 0.286. The summed E-state index contributed by atoms with van der Waals surface area (Å²) >= 11 is 0. The molecule has 3 aromatic carbocycles. The Morgan fingerprint density at radius 2 is 1.85 bits per heavy atom. The van der Waals surface area contributed by atoms with Crippen LogP contribution in [-0.2, 0) is 11.2 Å². The van der Waals surface area contributed by atoms with E-state index in [1.165, 1.54) is 0 Å².